The molecule has 1 rings (SSSR count). The van der Waals surface area contributed by atoms with Gasteiger partial charge in [0.05, 0.1) is 9.82 Å². The minimum atomic E-state index is -3.75. The molecule has 9 heteroatoms. The van der Waals surface area contributed by atoms with E-state index in [2.05, 4.69) is 10.1 Å². The van der Waals surface area contributed by atoms with Crippen LogP contribution in [0.1, 0.15) is 27.2 Å². The van der Waals surface area contributed by atoms with E-state index >= 15 is 0 Å². The molecule has 0 saturated heterocycles. The Hall–Kier alpha value is -1.71. The standard InChI is InChI=1S/C12H20N4O4S/c1-4-12(2,3)8-14-21(19,20)9-5-6-11(16(17)18)10(7-9)15-13/h5-7,14-15H,4,8,13H2,1-3H3. The van der Waals surface area contributed by atoms with Gasteiger partial charge in [-0.2, -0.15) is 0 Å². The highest BCUT2D eigenvalue weighted by molar-refractivity contribution is 7.89. The summed E-state index contributed by atoms with van der Waals surface area (Å²) in [5.41, 5.74) is 1.62. The van der Waals surface area contributed by atoms with Crippen LogP contribution in [0.15, 0.2) is 23.1 Å². The molecule has 1 aromatic rings. The van der Waals surface area contributed by atoms with Gasteiger partial charge in [-0.25, -0.2) is 13.1 Å². The first-order valence-corrected chi connectivity index (χ1v) is 7.86. The molecule has 0 unspecified atom stereocenters. The van der Waals surface area contributed by atoms with Crippen molar-refractivity contribution >= 4 is 21.4 Å². The fourth-order valence-corrected chi connectivity index (χ4v) is 2.72. The molecule has 118 valence electrons. The maximum absolute atomic E-state index is 12.2. The Balaban J connectivity index is 3.07. The smallest absolute Gasteiger partial charge is 0.293 e. The van der Waals surface area contributed by atoms with E-state index in [0.717, 1.165) is 18.6 Å². The fourth-order valence-electron chi connectivity index (χ4n) is 1.46. The number of nitrogens with one attached hydrogen (secondary N) is 2. The van der Waals surface area contributed by atoms with Gasteiger partial charge in [-0.3, -0.25) is 16.0 Å². The van der Waals surface area contributed by atoms with Crippen LogP contribution in [-0.4, -0.2) is 19.9 Å². The molecule has 0 aromatic heterocycles. The molecular weight excluding hydrogens is 296 g/mol. The third-order valence-electron chi connectivity index (χ3n) is 3.33. The first-order valence-electron chi connectivity index (χ1n) is 6.37. The summed E-state index contributed by atoms with van der Waals surface area (Å²) < 4.78 is 26.9. The van der Waals surface area contributed by atoms with Crippen LogP contribution >= 0.6 is 0 Å². The summed E-state index contributed by atoms with van der Waals surface area (Å²) in [4.78, 5) is 10.1. The third kappa shape index (κ3) is 4.38. The number of hydrazine groups is 1. The normalized spacial score (nSPS) is 12.2. The summed E-state index contributed by atoms with van der Waals surface area (Å²) in [5.74, 6) is 5.20. The lowest BCUT2D eigenvalue weighted by atomic mass is 9.91. The zero-order valence-corrected chi connectivity index (χ0v) is 13.0. The Bertz CT molecular complexity index is 628. The molecule has 0 atom stereocenters. The van der Waals surface area contributed by atoms with Crippen LogP contribution in [0, 0.1) is 15.5 Å². The number of nitro benzene ring substituents is 1. The van der Waals surface area contributed by atoms with Gasteiger partial charge in [0, 0.05) is 12.6 Å². The summed E-state index contributed by atoms with van der Waals surface area (Å²) in [7, 11) is -3.75. The van der Waals surface area contributed by atoms with E-state index in [1.54, 1.807) is 0 Å². The predicted octanol–water partition coefficient (Wildman–Crippen LogP) is 1.59. The first-order chi connectivity index (χ1) is 9.63. The van der Waals surface area contributed by atoms with E-state index in [1.807, 2.05) is 20.8 Å². The highest BCUT2D eigenvalue weighted by Gasteiger charge is 2.23. The second kappa shape index (κ2) is 6.37. The highest BCUT2D eigenvalue weighted by Crippen LogP contribution is 2.27. The minimum absolute atomic E-state index is 0.0578. The zero-order valence-electron chi connectivity index (χ0n) is 12.2. The van der Waals surface area contributed by atoms with Gasteiger partial charge in [0.15, 0.2) is 0 Å². The molecule has 0 aliphatic carbocycles. The van der Waals surface area contributed by atoms with E-state index < -0.39 is 14.9 Å². The second-order valence-electron chi connectivity index (χ2n) is 5.42. The molecule has 0 fully saturated rings. The Morgan fingerprint density at radius 1 is 1.38 bits per heavy atom. The quantitative estimate of drug-likeness (QED) is 0.398. The second-order valence-corrected chi connectivity index (χ2v) is 7.19. The van der Waals surface area contributed by atoms with Gasteiger partial charge < -0.3 is 5.43 Å². The van der Waals surface area contributed by atoms with Crippen LogP contribution in [0.25, 0.3) is 0 Å². The Morgan fingerprint density at radius 3 is 2.48 bits per heavy atom. The van der Waals surface area contributed by atoms with Crippen LogP contribution in [-0.2, 0) is 10.0 Å². The van der Waals surface area contributed by atoms with Crippen molar-refractivity contribution < 1.29 is 13.3 Å². The van der Waals surface area contributed by atoms with Crippen LogP contribution < -0.4 is 16.0 Å². The van der Waals surface area contributed by atoms with Gasteiger partial charge in [-0.1, -0.05) is 20.8 Å². The number of nitro groups is 1. The Morgan fingerprint density at radius 2 is 2.00 bits per heavy atom. The van der Waals surface area contributed by atoms with Gasteiger partial charge in [-0.15, -0.1) is 0 Å². The Kier molecular flexibility index (Phi) is 5.26. The van der Waals surface area contributed by atoms with Crippen molar-refractivity contribution in [2.24, 2.45) is 11.3 Å². The number of hydrogen-bond donors (Lipinski definition) is 3. The van der Waals surface area contributed by atoms with Crippen molar-refractivity contribution in [1.29, 1.82) is 0 Å². The van der Waals surface area contributed by atoms with Crippen molar-refractivity contribution in [2.75, 3.05) is 12.0 Å². The summed E-state index contributed by atoms with van der Waals surface area (Å²) in [6.45, 7) is 6.13. The summed E-state index contributed by atoms with van der Waals surface area (Å²) >= 11 is 0. The molecule has 0 heterocycles. The molecule has 8 nitrogen and oxygen atoms in total. The van der Waals surface area contributed by atoms with Gasteiger partial charge in [-0.05, 0) is 24.0 Å². The number of anilines is 1. The number of rotatable bonds is 7. The van der Waals surface area contributed by atoms with Crippen molar-refractivity contribution in [3.8, 4) is 0 Å². The minimum Gasteiger partial charge on any atom is -0.318 e. The number of nitrogen functional groups attached to an aromatic ring is 1. The molecule has 0 amide bonds. The van der Waals surface area contributed by atoms with Crippen molar-refractivity contribution in [3.63, 3.8) is 0 Å². The first kappa shape index (κ1) is 17.3. The largest absolute Gasteiger partial charge is 0.318 e. The average molecular weight is 316 g/mol. The lowest BCUT2D eigenvalue weighted by molar-refractivity contribution is -0.384. The molecule has 0 spiro atoms. The number of benzene rings is 1. The van der Waals surface area contributed by atoms with Gasteiger partial charge in [0.1, 0.15) is 5.69 Å². The monoisotopic (exact) mass is 316 g/mol. The van der Waals surface area contributed by atoms with Crippen LogP contribution in [0.5, 0.6) is 0 Å². The summed E-state index contributed by atoms with van der Waals surface area (Å²) in [6, 6.07) is 3.42. The van der Waals surface area contributed by atoms with E-state index in [1.165, 1.54) is 6.07 Å². The molecule has 0 radical (unpaired) electrons. The number of nitrogens with two attached hydrogens (primary N) is 1. The summed E-state index contributed by atoms with van der Waals surface area (Å²) in [6.07, 6.45) is 0.811. The van der Waals surface area contributed by atoms with Crippen LogP contribution in [0.3, 0.4) is 0 Å². The van der Waals surface area contributed by atoms with E-state index in [9.17, 15) is 18.5 Å². The maximum atomic E-state index is 12.2. The molecule has 21 heavy (non-hydrogen) atoms. The topological polar surface area (TPSA) is 127 Å². The molecule has 0 aliphatic rings. The lowest BCUT2D eigenvalue weighted by Gasteiger charge is -2.22. The Labute approximate surface area is 123 Å². The average Bonchev–Trinajstić information content (AvgIpc) is 2.44. The molecular formula is C12H20N4O4S. The van der Waals surface area contributed by atoms with Gasteiger partial charge in [0.25, 0.3) is 5.69 Å². The SMILES string of the molecule is CCC(C)(C)CNS(=O)(=O)c1ccc([N+](=O)[O-])c(NN)c1. The lowest BCUT2D eigenvalue weighted by Crippen LogP contribution is -2.33. The van der Waals surface area contributed by atoms with Crippen LogP contribution in [0.2, 0.25) is 0 Å². The number of hydrogen-bond acceptors (Lipinski definition) is 6. The molecule has 4 N–H and O–H groups in total. The van der Waals surface area contributed by atoms with Crippen molar-refractivity contribution in [1.82, 2.24) is 4.72 Å². The van der Waals surface area contributed by atoms with Gasteiger partial charge >= 0.3 is 0 Å². The molecule has 0 aliphatic heterocycles. The van der Waals surface area contributed by atoms with Crippen molar-refractivity contribution in [3.05, 3.63) is 28.3 Å². The third-order valence-corrected chi connectivity index (χ3v) is 4.73. The number of sulfonamides is 1. The zero-order chi connectivity index (χ0) is 16.3. The van der Waals surface area contributed by atoms with Crippen LogP contribution in [0.4, 0.5) is 11.4 Å². The molecule has 0 bridgehead atoms. The predicted molar refractivity (Wildman–Crippen MR) is 80.2 cm³/mol. The summed E-state index contributed by atoms with van der Waals surface area (Å²) in [5, 5.41) is 10.8. The van der Waals surface area contributed by atoms with E-state index in [0.29, 0.717) is 0 Å². The van der Waals surface area contributed by atoms with E-state index in [4.69, 9.17) is 5.84 Å². The maximum Gasteiger partial charge on any atom is 0.293 e. The highest BCUT2D eigenvalue weighted by atomic mass is 32.2. The fraction of sp³-hybridized carbons (Fsp3) is 0.500. The van der Waals surface area contributed by atoms with Gasteiger partial charge in [0.2, 0.25) is 10.0 Å². The van der Waals surface area contributed by atoms with E-state index in [-0.39, 0.29) is 28.2 Å². The number of nitrogens with zero attached hydrogens (tertiary/aromatic N) is 1. The molecule has 1 aromatic carbocycles. The molecule has 0 saturated carbocycles. The van der Waals surface area contributed by atoms with Crippen molar-refractivity contribution in [2.45, 2.75) is 32.1 Å².